The Bertz CT molecular complexity index is 1750. The molecule has 0 radical (unpaired) electrons. The number of halogens is 3. The molecule has 0 aromatic heterocycles. The van der Waals surface area contributed by atoms with Crippen LogP contribution in [-0.4, -0.2) is 67.2 Å². The average molecular weight is 740 g/mol. The van der Waals surface area contributed by atoms with E-state index in [2.05, 4.69) is 5.32 Å². The summed E-state index contributed by atoms with van der Waals surface area (Å²) in [5.41, 5.74) is -0.129. The Morgan fingerprint density at radius 2 is 1.60 bits per heavy atom. The molecule has 0 saturated heterocycles. The first-order valence-corrected chi connectivity index (χ1v) is 17.8. The van der Waals surface area contributed by atoms with Gasteiger partial charge >= 0.3 is 12.2 Å². The third-order valence-corrected chi connectivity index (χ3v) is 8.89. The molecule has 1 unspecified atom stereocenters. The Balaban J connectivity index is 1.74. The number of alkyl carbamates (subject to hydrolysis) is 1. The summed E-state index contributed by atoms with van der Waals surface area (Å²) in [5.74, 6) is -3.17. The van der Waals surface area contributed by atoms with Crippen LogP contribution in [0.3, 0.4) is 0 Å². The summed E-state index contributed by atoms with van der Waals surface area (Å²) < 4.78 is 52.8. The minimum atomic E-state index is -1.06. The minimum Gasteiger partial charge on any atom is -0.485 e. The van der Waals surface area contributed by atoms with E-state index in [-0.39, 0.29) is 53.6 Å². The SMILES string of the molecule is COCCOc1c(F)cc(C#N)c(-c2cc(C(CN(C(=O)OC(C)(C)C)C3CCC(NC(=O)OC(C)(C)C)CC3)c3ccccc3)ccc2Cl)c1F. The Labute approximate surface area is 310 Å². The smallest absolute Gasteiger partial charge is 0.410 e. The fraction of sp³-hybridized carbons (Fsp3) is 0.475. The lowest BCUT2D eigenvalue weighted by atomic mass is 9.86. The first-order valence-electron chi connectivity index (χ1n) is 17.4. The first kappa shape index (κ1) is 40.4. The van der Waals surface area contributed by atoms with Crippen LogP contribution in [0.2, 0.25) is 5.02 Å². The van der Waals surface area contributed by atoms with E-state index in [9.17, 15) is 19.2 Å². The molecule has 1 aliphatic rings. The summed E-state index contributed by atoms with van der Waals surface area (Å²) in [4.78, 5) is 28.2. The van der Waals surface area contributed by atoms with E-state index in [4.69, 9.17) is 30.5 Å². The van der Waals surface area contributed by atoms with Gasteiger partial charge in [0.1, 0.15) is 17.8 Å². The van der Waals surface area contributed by atoms with Gasteiger partial charge in [-0.25, -0.2) is 18.4 Å². The summed E-state index contributed by atoms with van der Waals surface area (Å²) in [6, 6.07) is 17.1. The number of nitrogens with zero attached hydrogens (tertiary/aromatic N) is 2. The van der Waals surface area contributed by atoms with Crippen LogP contribution in [0, 0.1) is 23.0 Å². The van der Waals surface area contributed by atoms with Crippen LogP contribution in [0.15, 0.2) is 54.6 Å². The monoisotopic (exact) mass is 739 g/mol. The highest BCUT2D eigenvalue weighted by molar-refractivity contribution is 6.33. The van der Waals surface area contributed by atoms with Crippen molar-refractivity contribution in [1.29, 1.82) is 5.26 Å². The van der Waals surface area contributed by atoms with Gasteiger partial charge in [-0.2, -0.15) is 5.26 Å². The highest BCUT2D eigenvalue weighted by Gasteiger charge is 2.35. The van der Waals surface area contributed by atoms with Gasteiger partial charge < -0.3 is 29.2 Å². The molecule has 4 rings (SSSR count). The lowest BCUT2D eigenvalue weighted by molar-refractivity contribution is 0.00941. The molecule has 12 heteroatoms. The molecule has 1 fully saturated rings. The number of nitriles is 1. The zero-order valence-electron chi connectivity index (χ0n) is 30.9. The van der Waals surface area contributed by atoms with Gasteiger partial charge in [0.25, 0.3) is 0 Å². The van der Waals surface area contributed by atoms with Crippen LogP contribution in [-0.2, 0) is 14.2 Å². The van der Waals surface area contributed by atoms with Gasteiger partial charge in [-0.1, -0.05) is 48.0 Å². The number of ether oxygens (including phenoxy) is 4. The maximum absolute atomic E-state index is 16.1. The van der Waals surface area contributed by atoms with Crippen molar-refractivity contribution in [2.45, 2.75) is 96.4 Å². The van der Waals surface area contributed by atoms with Gasteiger partial charge in [0.15, 0.2) is 17.4 Å². The van der Waals surface area contributed by atoms with Crippen LogP contribution in [0.5, 0.6) is 5.75 Å². The fourth-order valence-electron chi connectivity index (χ4n) is 6.25. The molecule has 0 bridgehead atoms. The number of carbonyl (C=O) groups excluding carboxylic acids is 2. The van der Waals surface area contributed by atoms with Crippen LogP contribution >= 0.6 is 11.6 Å². The van der Waals surface area contributed by atoms with Crippen molar-refractivity contribution in [2.75, 3.05) is 26.9 Å². The van der Waals surface area contributed by atoms with Gasteiger partial charge in [0.2, 0.25) is 0 Å². The second-order valence-corrected chi connectivity index (χ2v) is 15.3. The maximum Gasteiger partial charge on any atom is 0.410 e. The van der Waals surface area contributed by atoms with E-state index in [1.165, 1.54) is 7.11 Å². The van der Waals surface area contributed by atoms with Crippen molar-refractivity contribution >= 4 is 23.8 Å². The van der Waals surface area contributed by atoms with Crippen molar-refractivity contribution in [3.05, 3.63) is 87.9 Å². The maximum atomic E-state index is 16.1. The molecule has 52 heavy (non-hydrogen) atoms. The zero-order chi connectivity index (χ0) is 38.2. The minimum absolute atomic E-state index is 0.0965. The Hall–Kier alpha value is -4.40. The normalized spacial score (nSPS) is 16.7. The molecular weight excluding hydrogens is 692 g/mol. The number of methoxy groups -OCH3 is 1. The topological polar surface area (TPSA) is 110 Å². The summed E-state index contributed by atoms with van der Waals surface area (Å²) in [6.07, 6.45) is 1.49. The van der Waals surface area contributed by atoms with E-state index in [1.807, 2.05) is 77.9 Å². The second-order valence-electron chi connectivity index (χ2n) is 14.9. The Kier molecular flexibility index (Phi) is 13.5. The molecule has 3 aromatic rings. The molecule has 280 valence electrons. The van der Waals surface area contributed by atoms with Crippen LogP contribution < -0.4 is 10.1 Å². The molecule has 1 saturated carbocycles. The molecule has 1 atom stereocenters. The van der Waals surface area contributed by atoms with Crippen molar-refractivity contribution < 1.29 is 37.3 Å². The number of amides is 2. The molecule has 1 aliphatic carbocycles. The van der Waals surface area contributed by atoms with Crippen LogP contribution in [0.1, 0.15) is 89.8 Å². The molecule has 2 amide bonds. The highest BCUT2D eigenvalue weighted by Crippen LogP contribution is 2.41. The number of benzene rings is 3. The predicted octanol–water partition coefficient (Wildman–Crippen LogP) is 9.39. The van der Waals surface area contributed by atoms with E-state index < -0.39 is 46.7 Å². The van der Waals surface area contributed by atoms with E-state index in [0.717, 1.165) is 11.6 Å². The molecule has 0 heterocycles. The van der Waals surface area contributed by atoms with Gasteiger partial charge in [0.05, 0.1) is 18.2 Å². The van der Waals surface area contributed by atoms with Crippen molar-refractivity contribution in [3.8, 4) is 22.9 Å². The van der Waals surface area contributed by atoms with Crippen molar-refractivity contribution in [1.82, 2.24) is 10.2 Å². The predicted molar refractivity (Wildman–Crippen MR) is 196 cm³/mol. The number of nitrogens with one attached hydrogen (secondary N) is 1. The van der Waals surface area contributed by atoms with Crippen LogP contribution in [0.4, 0.5) is 18.4 Å². The van der Waals surface area contributed by atoms with Gasteiger partial charge in [-0.3, -0.25) is 0 Å². The van der Waals surface area contributed by atoms with Crippen molar-refractivity contribution in [3.63, 3.8) is 0 Å². The van der Waals surface area contributed by atoms with Crippen LogP contribution in [0.25, 0.3) is 11.1 Å². The average Bonchev–Trinajstić information content (AvgIpc) is 3.06. The largest absolute Gasteiger partial charge is 0.485 e. The third kappa shape index (κ3) is 10.8. The summed E-state index contributed by atoms with van der Waals surface area (Å²) in [7, 11) is 1.44. The number of hydrogen-bond acceptors (Lipinski definition) is 7. The molecular formula is C40H48ClF2N3O6. The van der Waals surface area contributed by atoms with E-state index in [0.29, 0.717) is 31.2 Å². The van der Waals surface area contributed by atoms with Crippen molar-refractivity contribution in [2.24, 2.45) is 0 Å². The standard InChI is InChI=1S/C40H48ClF2N3O6/c1-39(2,3)51-37(47)45-28-14-16-29(17-15-28)46(38(48)52-40(4,5)6)24-31(25-11-9-8-10-12-25)26-13-18-32(41)30(21-26)34-27(23-44)22-33(42)36(35(34)43)50-20-19-49-7/h8-13,18,21-22,28-29,31H,14-17,19-20,24H2,1-7H3,(H,45,47). The second kappa shape index (κ2) is 17.4. The summed E-state index contributed by atoms with van der Waals surface area (Å²) in [6.45, 7) is 11.0. The Morgan fingerprint density at radius 3 is 2.19 bits per heavy atom. The van der Waals surface area contributed by atoms with E-state index in [1.54, 1.807) is 23.1 Å². The third-order valence-electron chi connectivity index (χ3n) is 8.56. The summed E-state index contributed by atoms with van der Waals surface area (Å²) in [5, 5.41) is 13.0. The summed E-state index contributed by atoms with van der Waals surface area (Å²) >= 11 is 6.68. The van der Waals surface area contributed by atoms with Gasteiger partial charge in [0, 0.05) is 47.8 Å². The number of hydrogen-bond donors (Lipinski definition) is 1. The first-order chi connectivity index (χ1) is 24.5. The Morgan fingerprint density at radius 1 is 0.942 bits per heavy atom. The van der Waals surface area contributed by atoms with Gasteiger partial charge in [-0.05, 0) is 96.6 Å². The lowest BCUT2D eigenvalue weighted by Gasteiger charge is -2.39. The number of rotatable bonds is 11. The highest BCUT2D eigenvalue weighted by atomic mass is 35.5. The number of carbonyl (C=O) groups is 2. The van der Waals surface area contributed by atoms with E-state index >= 15 is 4.39 Å². The lowest BCUT2D eigenvalue weighted by Crippen LogP contribution is -2.49. The molecule has 3 aromatic carbocycles. The fourth-order valence-corrected chi connectivity index (χ4v) is 6.46. The quantitative estimate of drug-likeness (QED) is 0.195. The molecule has 9 nitrogen and oxygen atoms in total. The van der Waals surface area contributed by atoms with Gasteiger partial charge in [-0.15, -0.1) is 0 Å². The molecule has 0 aliphatic heterocycles. The zero-order valence-corrected chi connectivity index (χ0v) is 31.6. The molecule has 0 spiro atoms. The molecule has 1 N–H and O–H groups in total.